The van der Waals surface area contributed by atoms with Gasteiger partial charge < -0.3 is 9.16 Å². The Bertz CT molecular complexity index is 766. The first-order chi connectivity index (χ1) is 14.7. The van der Waals surface area contributed by atoms with Crippen molar-refractivity contribution in [1.29, 1.82) is 0 Å². The number of aryl methyl sites for hydroxylation is 1. The summed E-state index contributed by atoms with van der Waals surface area (Å²) in [5.74, 6) is 0.333. The highest BCUT2D eigenvalue weighted by Crippen LogP contribution is 2.37. The lowest BCUT2D eigenvalue weighted by Gasteiger charge is -2.39. The Morgan fingerprint density at radius 3 is 2.06 bits per heavy atom. The third-order valence-corrected chi connectivity index (χ3v) is 10.7. The molecule has 0 fully saturated rings. The van der Waals surface area contributed by atoms with Crippen molar-refractivity contribution in [2.75, 3.05) is 6.61 Å². The van der Waals surface area contributed by atoms with E-state index in [2.05, 4.69) is 58.1 Å². The van der Waals surface area contributed by atoms with Gasteiger partial charge in [-0.15, -0.1) is 0 Å². The number of ketones is 1. The minimum Gasteiger partial charge on any atom is -0.412 e. The molecule has 2 aromatic carbocycles. The van der Waals surface area contributed by atoms with E-state index in [1.165, 1.54) is 11.1 Å². The molecule has 0 spiro atoms. The molecule has 0 saturated heterocycles. The van der Waals surface area contributed by atoms with Crippen LogP contribution < -0.4 is 0 Å². The maximum Gasteiger partial charge on any atom is 0.192 e. The van der Waals surface area contributed by atoms with E-state index in [0.29, 0.717) is 31.8 Å². The fourth-order valence-electron chi connectivity index (χ4n) is 3.23. The van der Waals surface area contributed by atoms with Crippen molar-refractivity contribution in [2.24, 2.45) is 0 Å². The molecule has 0 radical (unpaired) electrons. The van der Waals surface area contributed by atoms with E-state index in [4.69, 9.17) is 9.16 Å². The second-order valence-electron chi connectivity index (χ2n) is 9.92. The monoisotopic (exact) mass is 440 g/mol. The topological polar surface area (TPSA) is 35.5 Å². The average molecular weight is 441 g/mol. The molecule has 0 amide bonds. The number of rotatable bonds is 13. The van der Waals surface area contributed by atoms with Crippen LogP contribution in [0, 0.1) is 0 Å². The molecule has 0 aliphatic rings. The van der Waals surface area contributed by atoms with Crippen LogP contribution in [0.5, 0.6) is 0 Å². The summed E-state index contributed by atoms with van der Waals surface area (Å²) >= 11 is 0. The van der Waals surface area contributed by atoms with Gasteiger partial charge in [0, 0.05) is 12.8 Å². The Morgan fingerprint density at radius 2 is 1.48 bits per heavy atom. The standard InChI is InChI=1S/C27H40O3Si/c1-27(2,3)31(4,5)30-26(22-29-21-24-15-10-7-11-16-24)18-12-17-25(28)20-19-23-13-8-6-9-14-23/h6-11,13-16,26H,12,17-22H2,1-5H3. The van der Waals surface area contributed by atoms with E-state index < -0.39 is 8.32 Å². The summed E-state index contributed by atoms with van der Waals surface area (Å²) < 4.78 is 12.7. The van der Waals surface area contributed by atoms with Gasteiger partial charge in [-0.25, -0.2) is 0 Å². The first-order valence-electron chi connectivity index (χ1n) is 11.5. The van der Waals surface area contributed by atoms with Gasteiger partial charge in [-0.3, -0.25) is 4.79 Å². The summed E-state index contributed by atoms with van der Waals surface area (Å²) in [7, 11) is -1.90. The van der Waals surface area contributed by atoms with Crippen LogP contribution in [0.15, 0.2) is 60.7 Å². The molecule has 0 aliphatic carbocycles. The van der Waals surface area contributed by atoms with Crippen LogP contribution in [-0.2, 0) is 27.0 Å². The minimum atomic E-state index is -1.90. The number of carbonyl (C=O) groups excluding carboxylic acids is 1. The molecule has 2 aromatic rings. The van der Waals surface area contributed by atoms with E-state index >= 15 is 0 Å². The summed E-state index contributed by atoms with van der Waals surface area (Å²) in [5, 5.41) is 0.149. The zero-order valence-electron chi connectivity index (χ0n) is 20.0. The molecule has 2 rings (SSSR count). The van der Waals surface area contributed by atoms with Crippen molar-refractivity contribution in [1.82, 2.24) is 0 Å². The Labute approximate surface area is 190 Å². The van der Waals surface area contributed by atoms with Crippen molar-refractivity contribution < 1.29 is 14.0 Å². The molecular weight excluding hydrogens is 400 g/mol. The molecular formula is C27H40O3Si. The third kappa shape index (κ3) is 9.50. The van der Waals surface area contributed by atoms with Crippen LogP contribution in [-0.4, -0.2) is 26.8 Å². The van der Waals surface area contributed by atoms with Gasteiger partial charge in [-0.2, -0.15) is 0 Å². The lowest BCUT2D eigenvalue weighted by molar-refractivity contribution is -0.119. The quantitative estimate of drug-likeness (QED) is 0.316. The van der Waals surface area contributed by atoms with E-state index in [0.717, 1.165) is 19.3 Å². The molecule has 0 saturated carbocycles. The Hall–Kier alpha value is -1.75. The third-order valence-electron chi connectivity index (χ3n) is 6.20. The van der Waals surface area contributed by atoms with Gasteiger partial charge in [-0.1, -0.05) is 81.4 Å². The molecule has 0 N–H and O–H groups in total. The van der Waals surface area contributed by atoms with Gasteiger partial charge in [-0.05, 0) is 48.5 Å². The van der Waals surface area contributed by atoms with Crippen molar-refractivity contribution in [3.05, 3.63) is 71.8 Å². The van der Waals surface area contributed by atoms with Crippen molar-refractivity contribution in [2.45, 2.75) is 83.7 Å². The minimum absolute atomic E-state index is 0.0338. The van der Waals surface area contributed by atoms with Crippen LogP contribution in [0.3, 0.4) is 0 Å². The number of carbonyl (C=O) groups is 1. The number of hydrogen-bond acceptors (Lipinski definition) is 3. The van der Waals surface area contributed by atoms with Crippen molar-refractivity contribution in [3.63, 3.8) is 0 Å². The van der Waals surface area contributed by atoms with Crippen LogP contribution >= 0.6 is 0 Å². The lowest BCUT2D eigenvalue weighted by atomic mass is 10.0. The second kappa shape index (κ2) is 12.3. The maximum absolute atomic E-state index is 12.4. The van der Waals surface area contributed by atoms with E-state index in [1.807, 2.05) is 36.4 Å². The Morgan fingerprint density at radius 1 is 0.903 bits per heavy atom. The first-order valence-corrected chi connectivity index (χ1v) is 14.4. The molecule has 0 aliphatic heterocycles. The highest BCUT2D eigenvalue weighted by Gasteiger charge is 2.39. The number of Topliss-reactive ketones (excluding diaryl/α,β-unsaturated/α-hetero) is 1. The van der Waals surface area contributed by atoms with Gasteiger partial charge in [0.05, 0.1) is 19.3 Å². The smallest absolute Gasteiger partial charge is 0.192 e. The van der Waals surface area contributed by atoms with E-state index in [1.54, 1.807) is 0 Å². The summed E-state index contributed by atoms with van der Waals surface area (Å²) in [6, 6.07) is 20.5. The van der Waals surface area contributed by atoms with E-state index in [-0.39, 0.29) is 11.1 Å². The summed E-state index contributed by atoms with van der Waals surface area (Å²) in [6.07, 6.45) is 3.79. The Balaban J connectivity index is 1.82. The van der Waals surface area contributed by atoms with Crippen LogP contribution in [0.1, 0.15) is 57.6 Å². The van der Waals surface area contributed by atoms with Gasteiger partial charge in [0.25, 0.3) is 0 Å². The van der Waals surface area contributed by atoms with Crippen molar-refractivity contribution in [3.8, 4) is 0 Å². The van der Waals surface area contributed by atoms with Gasteiger partial charge >= 0.3 is 0 Å². The molecule has 3 nitrogen and oxygen atoms in total. The molecule has 4 heteroatoms. The molecule has 170 valence electrons. The highest BCUT2D eigenvalue weighted by atomic mass is 28.4. The molecule has 0 bridgehead atoms. The number of ether oxygens (including phenoxy) is 1. The SMILES string of the molecule is CC(C)(C)[Si](C)(C)OC(CCCC(=O)CCc1ccccc1)COCc1ccccc1. The van der Waals surface area contributed by atoms with Crippen LogP contribution in [0.2, 0.25) is 18.1 Å². The van der Waals surface area contributed by atoms with Gasteiger partial charge in [0.1, 0.15) is 5.78 Å². The molecule has 0 heterocycles. The predicted molar refractivity (Wildman–Crippen MR) is 132 cm³/mol. The largest absolute Gasteiger partial charge is 0.412 e. The molecule has 31 heavy (non-hydrogen) atoms. The van der Waals surface area contributed by atoms with Gasteiger partial charge in [0.2, 0.25) is 0 Å². The van der Waals surface area contributed by atoms with Crippen LogP contribution in [0.4, 0.5) is 0 Å². The Kier molecular flexibility index (Phi) is 10.1. The molecule has 1 atom stereocenters. The molecule has 1 unspecified atom stereocenters. The summed E-state index contributed by atoms with van der Waals surface area (Å²) in [6.45, 7) is 12.5. The summed E-state index contributed by atoms with van der Waals surface area (Å²) in [4.78, 5) is 12.4. The normalized spacial score (nSPS) is 13.2. The first kappa shape index (κ1) is 25.5. The van der Waals surface area contributed by atoms with Crippen LogP contribution in [0.25, 0.3) is 0 Å². The summed E-state index contributed by atoms with van der Waals surface area (Å²) in [5.41, 5.74) is 2.40. The zero-order chi connectivity index (χ0) is 22.7. The maximum atomic E-state index is 12.4. The van der Waals surface area contributed by atoms with Gasteiger partial charge in [0.15, 0.2) is 8.32 Å². The van der Waals surface area contributed by atoms with Crippen molar-refractivity contribution >= 4 is 14.1 Å². The average Bonchev–Trinajstić information content (AvgIpc) is 2.72. The lowest BCUT2D eigenvalue weighted by Crippen LogP contribution is -2.45. The van der Waals surface area contributed by atoms with E-state index in [9.17, 15) is 4.79 Å². The zero-order valence-corrected chi connectivity index (χ0v) is 21.0. The number of benzene rings is 2. The molecule has 0 aromatic heterocycles. The predicted octanol–water partition coefficient (Wildman–Crippen LogP) is 6.97. The fourth-order valence-corrected chi connectivity index (χ4v) is 4.61. The number of hydrogen-bond donors (Lipinski definition) is 0. The highest BCUT2D eigenvalue weighted by molar-refractivity contribution is 6.74. The second-order valence-corrected chi connectivity index (χ2v) is 14.7. The fraction of sp³-hybridized carbons (Fsp3) is 0.519.